The lowest BCUT2D eigenvalue weighted by atomic mass is 9.88. The van der Waals surface area contributed by atoms with Crippen molar-refractivity contribution < 1.29 is 62.0 Å². The summed E-state index contributed by atoms with van der Waals surface area (Å²) in [6.07, 6.45) is 25.4. The summed E-state index contributed by atoms with van der Waals surface area (Å²) < 4.78 is 37.0. The van der Waals surface area contributed by atoms with Crippen molar-refractivity contribution in [3.63, 3.8) is 0 Å². The van der Waals surface area contributed by atoms with E-state index < -0.39 is 88.0 Å². The SMILES string of the molecule is CCCCN(C(=O)OC(C)(C)C)C(C(CCCCCCNC(=O)CCCCCCCCCCCCCCCCCCCCCC(C)N)CN(CCCC(N(C)C(=O)OC(C)(C)C)N(CCC)C(=O)OC(C)(C)C)C(=O)OC(C)(C)C)(N(C)C(=O)OC(C)(C)C)N(CCC)C(=O)OC(C)(C)C. The third-order valence-electron chi connectivity index (χ3n) is 16.8. The summed E-state index contributed by atoms with van der Waals surface area (Å²) in [7, 11) is 3.10. The Kier molecular flexibility index (Phi) is 45.8. The van der Waals surface area contributed by atoms with Gasteiger partial charge >= 0.3 is 36.6 Å². The van der Waals surface area contributed by atoms with E-state index in [1.807, 2.05) is 20.8 Å². The zero-order valence-electron chi connectivity index (χ0n) is 68.7. The number of ether oxygens (including phenoxy) is 6. The highest BCUT2D eigenvalue weighted by Gasteiger charge is 2.60. The number of nitrogens with two attached hydrogens (primary N) is 1. The number of rotatable bonds is 48. The number of hydrogen-bond donors (Lipinski definition) is 2. The van der Waals surface area contributed by atoms with Gasteiger partial charge in [0.15, 0.2) is 0 Å². The average molecular weight is 1420 g/mol. The molecule has 21 heteroatoms. The van der Waals surface area contributed by atoms with Crippen molar-refractivity contribution in [2.24, 2.45) is 11.7 Å². The fraction of sp³-hybridized carbons (Fsp3) is 0.911. The Bertz CT molecular complexity index is 2280. The second-order valence-electron chi connectivity index (χ2n) is 34.1. The first-order chi connectivity index (χ1) is 46.4. The molecule has 0 saturated heterocycles. The lowest BCUT2D eigenvalue weighted by molar-refractivity contribution is -0.177. The Morgan fingerprint density at radius 2 is 0.730 bits per heavy atom. The first kappa shape index (κ1) is 95.0. The highest BCUT2D eigenvalue weighted by molar-refractivity contribution is 5.77. The van der Waals surface area contributed by atoms with Crippen LogP contribution >= 0.6 is 0 Å². The van der Waals surface area contributed by atoms with Crippen molar-refractivity contribution in [2.75, 3.05) is 53.4 Å². The second-order valence-corrected chi connectivity index (χ2v) is 34.1. The molecule has 0 aliphatic rings. The summed E-state index contributed by atoms with van der Waals surface area (Å²) >= 11 is 0. The van der Waals surface area contributed by atoms with Gasteiger partial charge in [0.05, 0.1) is 0 Å². The number of carbonyl (C=O) groups is 7. The van der Waals surface area contributed by atoms with Crippen LogP contribution in [0.15, 0.2) is 0 Å². The quantitative estimate of drug-likeness (QED) is 0.0328. The van der Waals surface area contributed by atoms with Gasteiger partial charge in [-0.2, -0.15) is 0 Å². The molecule has 0 aliphatic carbocycles. The zero-order valence-corrected chi connectivity index (χ0v) is 68.7. The molecule has 0 aromatic rings. The standard InChI is InChI=1S/C79H154N8O13/c1-25-28-61-87(72(94)100-78(20,21)22)79(83(24)68(90)96-74(8,9)10,86(59-27-3)71(93)99-77(17,18)19)64(54-49-46-47-51-57-81-65(88)55-50-45-43-41-39-37-35-33-31-29-30-32-34-36-38-40-42-44-48-53-63(4)80)62-84(69(91)97-75(11,12)13)60-52-56-66(82(23)67(89)95-73(5,6)7)85(58-26-2)70(92)98-76(14,15)16/h63-64,66H,25-62,80H2,1-24H3,(H,81,88). The Labute approximate surface area is 610 Å². The Balaban J connectivity index is 7.37. The molecule has 0 saturated carbocycles. The van der Waals surface area contributed by atoms with Crippen LogP contribution in [0, 0.1) is 5.92 Å². The predicted octanol–water partition coefficient (Wildman–Crippen LogP) is 20.3. The summed E-state index contributed by atoms with van der Waals surface area (Å²) in [5.41, 5.74) is -0.0273. The van der Waals surface area contributed by atoms with E-state index in [0.717, 1.165) is 25.7 Å². The minimum Gasteiger partial charge on any atom is -0.444 e. The molecule has 0 aromatic carbocycles. The van der Waals surface area contributed by atoms with Gasteiger partial charge in [-0.3, -0.25) is 29.3 Å². The zero-order chi connectivity index (χ0) is 76.6. The van der Waals surface area contributed by atoms with Crippen molar-refractivity contribution >= 4 is 42.5 Å². The molecular formula is C79H154N8O13. The minimum absolute atomic E-state index is 0.00150. The molecule has 0 radical (unpaired) electrons. The second kappa shape index (κ2) is 48.1. The maximum Gasteiger partial charge on any atom is 0.413 e. The van der Waals surface area contributed by atoms with Gasteiger partial charge in [0.1, 0.15) is 39.8 Å². The normalized spacial score (nSPS) is 13.8. The number of carbonyl (C=O) groups excluding carboxylic acids is 7. The maximum absolute atomic E-state index is 15.6. The smallest absolute Gasteiger partial charge is 0.413 e. The molecule has 0 heterocycles. The van der Waals surface area contributed by atoms with E-state index in [4.69, 9.17) is 34.2 Å². The van der Waals surface area contributed by atoms with Crippen molar-refractivity contribution in [1.82, 2.24) is 34.7 Å². The van der Waals surface area contributed by atoms with E-state index in [0.29, 0.717) is 70.4 Å². The van der Waals surface area contributed by atoms with Gasteiger partial charge in [0, 0.05) is 71.7 Å². The topological polar surface area (TPSA) is 232 Å². The molecule has 0 aliphatic heterocycles. The largest absolute Gasteiger partial charge is 0.444 e. The van der Waals surface area contributed by atoms with Gasteiger partial charge in [0.2, 0.25) is 11.7 Å². The molecule has 4 unspecified atom stereocenters. The molecule has 7 amide bonds. The van der Waals surface area contributed by atoms with Crippen molar-refractivity contribution in [1.29, 1.82) is 0 Å². The summed E-state index contributed by atoms with van der Waals surface area (Å²) in [6.45, 7) is 40.0. The van der Waals surface area contributed by atoms with Crippen molar-refractivity contribution in [2.45, 2.75) is 409 Å². The molecule has 0 spiro atoms. The summed E-state index contributed by atoms with van der Waals surface area (Å²) in [5, 5.41) is 3.15. The monoisotopic (exact) mass is 1420 g/mol. The first-order valence-corrected chi connectivity index (χ1v) is 39.3. The lowest BCUT2D eigenvalue weighted by Crippen LogP contribution is -2.77. The average Bonchev–Trinajstić information content (AvgIpc) is 0.730. The molecule has 0 bridgehead atoms. The lowest BCUT2D eigenvalue weighted by Gasteiger charge is -2.58. The summed E-state index contributed by atoms with van der Waals surface area (Å²) in [5.74, 6) is -3.10. The summed E-state index contributed by atoms with van der Waals surface area (Å²) in [4.78, 5) is 112. The van der Waals surface area contributed by atoms with Gasteiger partial charge < -0.3 is 44.4 Å². The molecule has 588 valence electrons. The van der Waals surface area contributed by atoms with Crippen LogP contribution in [0.25, 0.3) is 0 Å². The van der Waals surface area contributed by atoms with Gasteiger partial charge in [0.25, 0.3) is 0 Å². The first-order valence-electron chi connectivity index (χ1n) is 39.3. The Hall–Kier alpha value is -4.95. The van der Waals surface area contributed by atoms with E-state index >= 15 is 19.2 Å². The van der Waals surface area contributed by atoms with Gasteiger partial charge in [-0.05, 0) is 189 Å². The Morgan fingerprint density at radius 3 is 1.14 bits per heavy atom. The fourth-order valence-corrected chi connectivity index (χ4v) is 12.2. The number of unbranched alkanes of at least 4 members (excludes halogenated alkanes) is 22. The molecule has 0 fully saturated rings. The highest BCUT2D eigenvalue weighted by Crippen LogP contribution is 2.41. The minimum atomic E-state index is -2.12. The summed E-state index contributed by atoms with van der Waals surface area (Å²) in [6, 6.07) is 0.334. The van der Waals surface area contributed by atoms with Gasteiger partial charge in [-0.25, -0.2) is 28.8 Å². The Morgan fingerprint density at radius 1 is 0.370 bits per heavy atom. The molecule has 21 nitrogen and oxygen atoms in total. The molecule has 100 heavy (non-hydrogen) atoms. The number of nitrogens with zero attached hydrogens (tertiary/aromatic N) is 6. The van der Waals surface area contributed by atoms with E-state index in [1.54, 1.807) is 132 Å². The van der Waals surface area contributed by atoms with Crippen molar-refractivity contribution in [3.8, 4) is 0 Å². The van der Waals surface area contributed by atoms with E-state index in [9.17, 15) is 14.4 Å². The van der Waals surface area contributed by atoms with Crippen LogP contribution in [0.3, 0.4) is 0 Å². The van der Waals surface area contributed by atoms with Crippen LogP contribution in [0.4, 0.5) is 28.8 Å². The molecular weight excluding hydrogens is 1270 g/mol. The van der Waals surface area contributed by atoms with E-state index in [-0.39, 0.29) is 57.9 Å². The predicted molar refractivity (Wildman–Crippen MR) is 406 cm³/mol. The van der Waals surface area contributed by atoms with Crippen molar-refractivity contribution in [3.05, 3.63) is 0 Å². The molecule has 3 N–H and O–H groups in total. The third kappa shape index (κ3) is 43.2. The molecule has 4 atom stereocenters. The highest BCUT2D eigenvalue weighted by atomic mass is 16.6. The third-order valence-corrected chi connectivity index (χ3v) is 16.8. The number of nitrogens with one attached hydrogen (secondary N) is 1. The van der Waals surface area contributed by atoms with E-state index in [1.165, 1.54) is 139 Å². The van der Waals surface area contributed by atoms with Gasteiger partial charge in [-0.15, -0.1) is 0 Å². The number of hydrogen-bond acceptors (Lipinski definition) is 14. The fourth-order valence-electron chi connectivity index (χ4n) is 12.2. The molecule has 0 aromatic heterocycles. The van der Waals surface area contributed by atoms with Crippen LogP contribution in [0.1, 0.15) is 358 Å². The van der Waals surface area contributed by atoms with Crippen LogP contribution < -0.4 is 11.1 Å². The van der Waals surface area contributed by atoms with Crippen LogP contribution in [-0.2, 0) is 33.2 Å². The van der Waals surface area contributed by atoms with E-state index in [2.05, 4.69) is 12.2 Å². The van der Waals surface area contributed by atoms with Crippen LogP contribution in [0.2, 0.25) is 0 Å². The van der Waals surface area contributed by atoms with Crippen LogP contribution in [-0.4, -0.2) is 177 Å². The molecule has 0 rings (SSSR count). The van der Waals surface area contributed by atoms with Gasteiger partial charge in [-0.1, -0.05) is 162 Å². The maximum atomic E-state index is 15.6. The van der Waals surface area contributed by atoms with Crippen LogP contribution in [0.5, 0.6) is 0 Å². The number of amides is 7.